The van der Waals surface area contributed by atoms with Crippen LogP contribution in [0, 0.1) is 0 Å². The van der Waals surface area contributed by atoms with Crippen LogP contribution in [-0.2, 0) is 11.3 Å². The Bertz CT molecular complexity index is 694. The maximum atomic E-state index is 6.19. The van der Waals surface area contributed by atoms with E-state index in [1.165, 1.54) is 0 Å². The van der Waals surface area contributed by atoms with E-state index in [2.05, 4.69) is 22.4 Å². The number of piperidine rings is 1. The number of ether oxygens (including phenoxy) is 3. The van der Waals surface area contributed by atoms with Gasteiger partial charge in [0.2, 0.25) is 11.7 Å². The van der Waals surface area contributed by atoms with Crippen molar-refractivity contribution in [1.29, 1.82) is 0 Å². The smallest absolute Gasteiger partial charge is 0.213 e. The van der Waals surface area contributed by atoms with Crippen molar-refractivity contribution >= 4 is 0 Å². The number of hydrogen-bond donors (Lipinski definition) is 1. The first-order valence-corrected chi connectivity index (χ1v) is 7.95. The van der Waals surface area contributed by atoms with Gasteiger partial charge in [0, 0.05) is 49.3 Å². The predicted octanol–water partition coefficient (Wildman–Crippen LogP) is 2.75. The van der Waals surface area contributed by atoms with Crippen LogP contribution < -0.4 is 14.8 Å². The molecule has 0 bridgehead atoms. The SMILES string of the molecule is COc1ccc(-c2ccc3c(c2)COC2(CCNCC2)O3)cn1. The van der Waals surface area contributed by atoms with Crippen LogP contribution in [0.3, 0.4) is 0 Å². The third-order valence-corrected chi connectivity index (χ3v) is 4.49. The molecule has 5 nitrogen and oxygen atoms in total. The first kappa shape index (κ1) is 14.5. The molecule has 2 aliphatic heterocycles. The Morgan fingerprint density at radius 2 is 1.96 bits per heavy atom. The number of aromatic nitrogens is 1. The number of methoxy groups -OCH3 is 1. The third kappa shape index (κ3) is 2.78. The summed E-state index contributed by atoms with van der Waals surface area (Å²) in [7, 11) is 1.62. The van der Waals surface area contributed by atoms with Gasteiger partial charge in [0.05, 0.1) is 13.7 Å². The van der Waals surface area contributed by atoms with Crippen LogP contribution in [0.25, 0.3) is 11.1 Å². The monoisotopic (exact) mass is 312 g/mol. The Kier molecular flexibility index (Phi) is 3.67. The molecule has 0 atom stereocenters. The second-order valence-electron chi connectivity index (χ2n) is 5.96. The highest BCUT2D eigenvalue weighted by Gasteiger charge is 2.38. The number of hydrogen-bond acceptors (Lipinski definition) is 5. The molecule has 1 saturated heterocycles. The molecule has 0 unspecified atom stereocenters. The third-order valence-electron chi connectivity index (χ3n) is 4.49. The van der Waals surface area contributed by atoms with Crippen LogP contribution in [0.1, 0.15) is 18.4 Å². The largest absolute Gasteiger partial charge is 0.481 e. The van der Waals surface area contributed by atoms with E-state index in [0.29, 0.717) is 12.5 Å². The molecule has 0 saturated carbocycles. The second-order valence-corrected chi connectivity index (χ2v) is 5.96. The quantitative estimate of drug-likeness (QED) is 0.924. The fourth-order valence-corrected chi connectivity index (χ4v) is 3.14. The molecule has 0 amide bonds. The van der Waals surface area contributed by atoms with Gasteiger partial charge in [0.15, 0.2) is 0 Å². The van der Waals surface area contributed by atoms with E-state index >= 15 is 0 Å². The van der Waals surface area contributed by atoms with Gasteiger partial charge in [-0.1, -0.05) is 6.07 Å². The first-order valence-electron chi connectivity index (χ1n) is 7.95. The number of fused-ring (bicyclic) bond motifs is 1. The van der Waals surface area contributed by atoms with Crippen LogP contribution >= 0.6 is 0 Å². The van der Waals surface area contributed by atoms with Crippen LogP contribution in [-0.4, -0.2) is 31.0 Å². The van der Waals surface area contributed by atoms with Crippen LogP contribution in [0.15, 0.2) is 36.5 Å². The van der Waals surface area contributed by atoms with E-state index in [-0.39, 0.29) is 0 Å². The molecule has 3 heterocycles. The van der Waals surface area contributed by atoms with Crippen molar-refractivity contribution in [2.75, 3.05) is 20.2 Å². The lowest BCUT2D eigenvalue weighted by Crippen LogP contribution is -2.49. The summed E-state index contributed by atoms with van der Waals surface area (Å²) in [6, 6.07) is 10.1. The average Bonchev–Trinajstić information content (AvgIpc) is 2.62. The van der Waals surface area contributed by atoms with E-state index in [0.717, 1.165) is 48.4 Å². The van der Waals surface area contributed by atoms with Gasteiger partial charge in [-0.15, -0.1) is 0 Å². The van der Waals surface area contributed by atoms with E-state index in [1.807, 2.05) is 24.4 Å². The molecule has 5 heteroatoms. The molecule has 4 rings (SSSR count). The van der Waals surface area contributed by atoms with E-state index in [4.69, 9.17) is 14.2 Å². The molecule has 1 fully saturated rings. The van der Waals surface area contributed by atoms with Crippen LogP contribution in [0.5, 0.6) is 11.6 Å². The molecule has 2 aromatic rings. The van der Waals surface area contributed by atoms with Gasteiger partial charge in [-0.25, -0.2) is 4.98 Å². The fourth-order valence-electron chi connectivity index (χ4n) is 3.14. The summed E-state index contributed by atoms with van der Waals surface area (Å²) in [6.45, 7) is 2.46. The molecule has 1 aromatic carbocycles. The Labute approximate surface area is 135 Å². The van der Waals surface area contributed by atoms with Crippen LogP contribution in [0.2, 0.25) is 0 Å². The molecule has 1 aromatic heterocycles. The Morgan fingerprint density at radius 3 is 2.70 bits per heavy atom. The molecule has 0 aliphatic carbocycles. The summed E-state index contributed by atoms with van der Waals surface area (Å²) in [5.74, 6) is 1.11. The summed E-state index contributed by atoms with van der Waals surface area (Å²) >= 11 is 0. The van der Waals surface area contributed by atoms with Crippen molar-refractivity contribution in [1.82, 2.24) is 10.3 Å². The highest BCUT2D eigenvalue weighted by Crippen LogP contribution is 2.38. The van der Waals surface area contributed by atoms with Gasteiger partial charge in [-0.05, 0) is 23.8 Å². The molecule has 23 heavy (non-hydrogen) atoms. The van der Waals surface area contributed by atoms with E-state index in [1.54, 1.807) is 7.11 Å². The lowest BCUT2D eigenvalue weighted by atomic mass is 10.0. The van der Waals surface area contributed by atoms with Crippen molar-refractivity contribution in [3.63, 3.8) is 0 Å². The standard InChI is InChI=1S/C18H20N2O3/c1-21-17-5-3-14(11-20-17)13-2-4-16-15(10-13)12-22-18(23-16)6-8-19-9-7-18/h2-5,10-11,19H,6-9,12H2,1H3. The van der Waals surface area contributed by atoms with Gasteiger partial charge < -0.3 is 19.5 Å². The first-order chi connectivity index (χ1) is 11.3. The van der Waals surface area contributed by atoms with Crippen molar-refractivity contribution in [3.8, 4) is 22.8 Å². The molecule has 2 aliphatic rings. The molecular formula is C18H20N2O3. The van der Waals surface area contributed by atoms with E-state index < -0.39 is 5.79 Å². The number of benzene rings is 1. The second kappa shape index (κ2) is 5.83. The minimum Gasteiger partial charge on any atom is -0.481 e. The highest BCUT2D eigenvalue weighted by atomic mass is 16.7. The van der Waals surface area contributed by atoms with Crippen molar-refractivity contribution in [2.24, 2.45) is 0 Å². The minimum atomic E-state index is -0.443. The average molecular weight is 312 g/mol. The van der Waals surface area contributed by atoms with Gasteiger partial charge in [0.1, 0.15) is 5.75 Å². The highest BCUT2D eigenvalue weighted by molar-refractivity contribution is 5.65. The summed E-state index contributed by atoms with van der Waals surface area (Å²) in [5.41, 5.74) is 3.24. The number of nitrogens with zero attached hydrogens (tertiary/aromatic N) is 1. The van der Waals surface area contributed by atoms with Crippen molar-refractivity contribution in [2.45, 2.75) is 25.2 Å². The summed E-state index contributed by atoms with van der Waals surface area (Å²) in [6.07, 6.45) is 3.59. The number of pyridine rings is 1. The van der Waals surface area contributed by atoms with Crippen molar-refractivity contribution < 1.29 is 14.2 Å². The van der Waals surface area contributed by atoms with Gasteiger partial charge in [0.25, 0.3) is 0 Å². The summed E-state index contributed by atoms with van der Waals surface area (Å²) < 4.78 is 17.4. The predicted molar refractivity (Wildman–Crippen MR) is 86.5 cm³/mol. The maximum absolute atomic E-state index is 6.19. The topological polar surface area (TPSA) is 52.6 Å². The van der Waals surface area contributed by atoms with Crippen molar-refractivity contribution in [3.05, 3.63) is 42.1 Å². The minimum absolute atomic E-state index is 0.443. The molecule has 0 radical (unpaired) electrons. The van der Waals surface area contributed by atoms with Crippen LogP contribution in [0.4, 0.5) is 0 Å². The number of nitrogens with one attached hydrogen (secondary N) is 1. The fraction of sp³-hybridized carbons (Fsp3) is 0.389. The maximum Gasteiger partial charge on any atom is 0.213 e. The zero-order valence-electron chi connectivity index (χ0n) is 13.2. The molecule has 120 valence electrons. The lowest BCUT2D eigenvalue weighted by Gasteiger charge is -2.41. The summed E-state index contributed by atoms with van der Waals surface area (Å²) in [5, 5.41) is 3.34. The lowest BCUT2D eigenvalue weighted by molar-refractivity contribution is -0.218. The summed E-state index contributed by atoms with van der Waals surface area (Å²) in [4.78, 5) is 4.26. The normalized spacial score (nSPS) is 19.0. The number of rotatable bonds is 2. The van der Waals surface area contributed by atoms with E-state index in [9.17, 15) is 0 Å². The van der Waals surface area contributed by atoms with Gasteiger partial charge >= 0.3 is 0 Å². The zero-order chi connectivity index (χ0) is 15.7. The molecule has 1 N–H and O–H groups in total. The molecular weight excluding hydrogens is 292 g/mol. The van der Waals surface area contributed by atoms with Gasteiger partial charge in [-0.3, -0.25) is 0 Å². The Morgan fingerprint density at radius 1 is 1.13 bits per heavy atom. The Balaban J connectivity index is 1.59. The Hall–Kier alpha value is -2.11. The zero-order valence-corrected chi connectivity index (χ0v) is 13.2. The van der Waals surface area contributed by atoms with Gasteiger partial charge in [-0.2, -0.15) is 0 Å². The molecule has 1 spiro atoms.